The molecular formula is C9H15NO. The van der Waals surface area contributed by atoms with Gasteiger partial charge in [-0.25, -0.2) is 0 Å². The molecule has 0 aromatic carbocycles. The molecule has 0 spiro atoms. The second-order valence-corrected chi connectivity index (χ2v) is 2.62. The Morgan fingerprint density at radius 2 is 2.36 bits per heavy atom. The molecule has 0 aromatic rings. The van der Waals surface area contributed by atoms with Crippen LogP contribution in [0.5, 0.6) is 0 Å². The van der Waals surface area contributed by atoms with Crippen LogP contribution < -0.4 is 5.32 Å². The molecule has 0 saturated carbocycles. The quantitative estimate of drug-likeness (QED) is 0.620. The predicted octanol–water partition coefficient (Wildman–Crippen LogP) is 1.45. The summed E-state index contributed by atoms with van der Waals surface area (Å²) < 4.78 is 5.37. The van der Waals surface area contributed by atoms with Gasteiger partial charge in [0.1, 0.15) is 5.72 Å². The first-order chi connectivity index (χ1) is 5.33. The summed E-state index contributed by atoms with van der Waals surface area (Å²) in [6.07, 6.45) is 9.11. The Morgan fingerprint density at radius 3 is 2.82 bits per heavy atom. The highest BCUT2D eigenvalue weighted by atomic mass is 16.5. The number of allylic oxidation sites excluding steroid dienone is 2. The van der Waals surface area contributed by atoms with E-state index in [9.17, 15) is 0 Å². The lowest BCUT2D eigenvalue weighted by Gasteiger charge is -2.30. The van der Waals surface area contributed by atoms with Crippen molar-refractivity contribution in [2.45, 2.75) is 19.1 Å². The number of hydrogen-bond donors (Lipinski definition) is 1. The van der Waals surface area contributed by atoms with Gasteiger partial charge in [-0.05, 0) is 12.6 Å². The zero-order chi connectivity index (χ0) is 8.16. The lowest BCUT2D eigenvalue weighted by molar-refractivity contribution is 0.00584. The molecule has 1 rings (SSSR count). The third-order valence-corrected chi connectivity index (χ3v) is 1.87. The molecule has 0 saturated heterocycles. The molecule has 1 aliphatic rings. The maximum Gasteiger partial charge on any atom is 0.141 e. The molecule has 0 radical (unpaired) electrons. The molecule has 0 aromatic heterocycles. The zero-order valence-corrected chi connectivity index (χ0v) is 7.13. The van der Waals surface area contributed by atoms with Crippen molar-refractivity contribution in [1.82, 2.24) is 5.32 Å². The molecule has 0 heterocycles. The summed E-state index contributed by atoms with van der Waals surface area (Å²) in [4.78, 5) is 0. The fourth-order valence-electron chi connectivity index (χ4n) is 1.25. The number of nitrogens with one attached hydrogen (secondary N) is 1. The van der Waals surface area contributed by atoms with E-state index in [1.54, 1.807) is 7.11 Å². The predicted molar refractivity (Wildman–Crippen MR) is 46.3 cm³/mol. The van der Waals surface area contributed by atoms with Crippen LogP contribution in [0.2, 0.25) is 0 Å². The molecule has 11 heavy (non-hydrogen) atoms. The molecule has 62 valence electrons. The highest BCUT2D eigenvalue weighted by molar-refractivity contribution is 5.17. The fraction of sp³-hybridized carbons (Fsp3) is 0.556. The topological polar surface area (TPSA) is 21.3 Å². The normalized spacial score (nSPS) is 29.3. The summed E-state index contributed by atoms with van der Waals surface area (Å²) >= 11 is 0. The lowest BCUT2D eigenvalue weighted by Crippen LogP contribution is -2.45. The summed E-state index contributed by atoms with van der Waals surface area (Å²) in [5, 5.41) is 3.29. The second-order valence-electron chi connectivity index (χ2n) is 2.62. The minimum absolute atomic E-state index is 0.247. The van der Waals surface area contributed by atoms with Crippen molar-refractivity contribution in [1.29, 1.82) is 0 Å². The summed E-state index contributed by atoms with van der Waals surface area (Å²) in [7, 11) is 1.73. The molecule has 1 N–H and O–H groups in total. The smallest absolute Gasteiger partial charge is 0.141 e. The Hall–Kier alpha value is -0.600. The van der Waals surface area contributed by atoms with E-state index < -0.39 is 0 Å². The van der Waals surface area contributed by atoms with Gasteiger partial charge in [-0.15, -0.1) is 0 Å². The molecule has 0 amide bonds. The Morgan fingerprint density at radius 1 is 1.55 bits per heavy atom. The third-order valence-electron chi connectivity index (χ3n) is 1.87. The maximum atomic E-state index is 5.37. The summed E-state index contributed by atoms with van der Waals surface area (Å²) in [6.45, 7) is 3.00. The molecular weight excluding hydrogens is 138 g/mol. The fourth-order valence-corrected chi connectivity index (χ4v) is 1.25. The summed E-state index contributed by atoms with van der Waals surface area (Å²) in [5.74, 6) is 0. The molecule has 0 aliphatic heterocycles. The highest BCUT2D eigenvalue weighted by Gasteiger charge is 2.24. The highest BCUT2D eigenvalue weighted by Crippen LogP contribution is 2.17. The van der Waals surface area contributed by atoms with Crippen LogP contribution in [-0.4, -0.2) is 19.4 Å². The van der Waals surface area contributed by atoms with Gasteiger partial charge in [-0.2, -0.15) is 0 Å². The molecule has 2 heteroatoms. The lowest BCUT2D eigenvalue weighted by atomic mass is 10.0. The van der Waals surface area contributed by atoms with Crippen LogP contribution in [0.25, 0.3) is 0 Å². The molecule has 2 nitrogen and oxygen atoms in total. The van der Waals surface area contributed by atoms with E-state index in [0.29, 0.717) is 0 Å². The summed E-state index contributed by atoms with van der Waals surface area (Å²) in [6, 6.07) is 0. The van der Waals surface area contributed by atoms with Crippen molar-refractivity contribution in [2.24, 2.45) is 0 Å². The number of likely N-dealkylation sites (N-methyl/N-ethyl adjacent to an activating group) is 1. The zero-order valence-electron chi connectivity index (χ0n) is 7.13. The number of ether oxygens (including phenoxy) is 1. The second kappa shape index (κ2) is 3.69. The largest absolute Gasteiger partial charge is 0.360 e. The van der Waals surface area contributed by atoms with E-state index in [0.717, 1.165) is 13.0 Å². The molecule has 1 atom stereocenters. The monoisotopic (exact) mass is 153 g/mol. The minimum atomic E-state index is -0.247. The van der Waals surface area contributed by atoms with Crippen molar-refractivity contribution in [3.05, 3.63) is 24.3 Å². The first-order valence-electron chi connectivity index (χ1n) is 3.97. The van der Waals surface area contributed by atoms with Crippen LogP contribution in [0.1, 0.15) is 13.3 Å². The average Bonchev–Trinajstić information content (AvgIpc) is 2.07. The van der Waals surface area contributed by atoms with Gasteiger partial charge in [0.15, 0.2) is 0 Å². The maximum absolute atomic E-state index is 5.37. The van der Waals surface area contributed by atoms with Gasteiger partial charge in [-0.3, -0.25) is 5.32 Å². The van der Waals surface area contributed by atoms with Crippen LogP contribution in [0, 0.1) is 0 Å². The average molecular weight is 153 g/mol. The Bertz CT molecular complexity index is 174. The molecule has 1 unspecified atom stereocenters. The summed E-state index contributed by atoms with van der Waals surface area (Å²) in [5.41, 5.74) is -0.247. The van der Waals surface area contributed by atoms with Gasteiger partial charge in [-0.1, -0.05) is 25.2 Å². The first kappa shape index (κ1) is 8.50. The van der Waals surface area contributed by atoms with Gasteiger partial charge >= 0.3 is 0 Å². The van der Waals surface area contributed by atoms with Gasteiger partial charge in [0.05, 0.1) is 0 Å². The van der Waals surface area contributed by atoms with Crippen LogP contribution in [0.15, 0.2) is 24.3 Å². The number of hydrogen-bond acceptors (Lipinski definition) is 2. The van der Waals surface area contributed by atoms with Crippen LogP contribution in [-0.2, 0) is 4.74 Å². The van der Waals surface area contributed by atoms with Crippen molar-refractivity contribution >= 4 is 0 Å². The molecule has 0 bridgehead atoms. The van der Waals surface area contributed by atoms with Gasteiger partial charge in [0.2, 0.25) is 0 Å². The van der Waals surface area contributed by atoms with Crippen molar-refractivity contribution in [3.8, 4) is 0 Å². The van der Waals surface area contributed by atoms with E-state index in [-0.39, 0.29) is 5.72 Å². The first-order valence-corrected chi connectivity index (χ1v) is 3.97. The van der Waals surface area contributed by atoms with Gasteiger partial charge in [0.25, 0.3) is 0 Å². The van der Waals surface area contributed by atoms with E-state index in [2.05, 4.69) is 24.4 Å². The Labute approximate surface area is 67.9 Å². The minimum Gasteiger partial charge on any atom is -0.360 e. The van der Waals surface area contributed by atoms with Crippen molar-refractivity contribution in [3.63, 3.8) is 0 Å². The van der Waals surface area contributed by atoms with Crippen molar-refractivity contribution in [2.75, 3.05) is 13.7 Å². The van der Waals surface area contributed by atoms with E-state index in [1.807, 2.05) is 12.2 Å². The third kappa shape index (κ3) is 1.91. The Balaban J connectivity index is 2.60. The SMILES string of the molecule is CCNC1(OC)C=CC=CC1. The van der Waals surface area contributed by atoms with Gasteiger partial charge in [0, 0.05) is 13.5 Å². The van der Waals surface area contributed by atoms with Crippen molar-refractivity contribution < 1.29 is 4.74 Å². The standard InChI is InChI=1S/C9H15NO/c1-3-10-9(11-2)7-5-4-6-8-9/h4-7,10H,3,8H2,1-2H3. The van der Waals surface area contributed by atoms with Gasteiger partial charge < -0.3 is 4.74 Å². The van der Waals surface area contributed by atoms with Crippen LogP contribution in [0.3, 0.4) is 0 Å². The molecule has 1 aliphatic carbocycles. The number of rotatable bonds is 3. The van der Waals surface area contributed by atoms with E-state index in [1.165, 1.54) is 0 Å². The number of methoxy groups -OCH3 is 1. The van der Waals surface area contributed by atoms with E-state index >= 15 is 0 Å². The van der Waals surface area contributed by atoms with Crippen LogP contribution >= 0.6 is 0 Å². The Kier molecular flexibility index (Phi) is 2.85. The van der Waals surface area contributed by atoms with E-state index in [4.69, 9.17) is 4.74 Å². The van der Waals surface area contributed by atoms with Crippen LogP contribution in [0.4, 0.5) is 0 Å². The molecule has 0 fully saturated rings.